The number of thiocarbonyl (C=S) groups is 1. The summed E-state index contributed by atoms with van der Waals surface area (Å²) in [6.45, 7) is 1.55. The van der Waals surface area contributed by atoms with Crippen LogP contribution in [-0.2, 0) is 0 Å². The molecule has 1 aromatic heterocycles. The van der Waals surface area contributed by atoms with Gasteiger partial charge in [-0.1, -0.05) is 23.2 Å². The number of benzene rings is 1. The predicted octanol–water partition coefficient (Wildman–Crippen LogP) is 3.78. The lowest BCUT2D eigenvalue weighted by Crippen LogP contribution is -2.11. The van der Waals surface area contributed by atoms with E-state index in [1.165, 1.54) is 6.07 Å². The van der Waals surface area contributed by atoms with Crippen molar-refractivity contribution in [1.82, 2.24) is 0 Å². The third-order valence-corrected chi connectivity index (χ3v) is 3.34. The number of nitrogens with one attached hydrogen (secondary N) is 1. The first-order valence-electron chi connectivity index (χ1n) is 6.00. The first-order chi connectivity index (χ1) is 10.4. The van der Waals surface area contributed by atoms with E-state index in [9.17, 15) is 9.90 Å². The summed E-state index contributed by atoms with van der Waals surface area (Å²) in [7, 11) is 0. The lowest BCUT2D eigenvalue weighted by Gasteiger charge is -2.06. The minimum atomic E-state index is -0.704. The molecule has 0 saturated carbocycles. The number of aryl methyl sites for hydroxylation is 1. The van der Waals surface area contributed by atoms with Gasteiger partial charge < -0.3 is 14.8 Å². The zero-order valence-corrected chi connectivity index (χ0v) is 13.6. The molecule has 0 saturated heterocycles. The molecule has 1 aromatic carbocycles. The Bertz CT molecular complexity index is 818. The van der Waals surface area contributed by atoms with E-state index in [0.29, 0.717) is 21.5 Å². The fourth-order valence-corrected chi connectivity index (χ4v) is 2.09. The van der Waals surface area contributed by atoms with Gasteiger partial charge in [0, 0.05) is 17.3 Å². The smallest absolute Gasteiger partial charge is 0.348 e. The number of anilines is 1. The van der Waals surface area contributed by atoms with Crippen molar-refractivity contribution >= 4 is 52.4 Å². The molecule has 0 spiro atoms. The molecule has 2 aromatic rings. The molecule has 0 fully saturated rings. The fourth-order valence-electron chi connectivity index (χ4n) is 1.59. The summed E-state index contributed by atoms with van der Waals surface area (Å²) < 4.78 is 4.87. The molecule has 0 atom stereocenters. The van der Waals surface area contributed by atoms with Crippen LogP contribution < -0.4 is 10.9 Å². The molecule has 2 N–H and O–H groups in total. The second kappa shape index (κ2) is 6.91. The van der Waals surface area contributed by atoms with E-state index >= 15 is 0 Å². The molecule has 0 radical (unpaired) electrons. The van der Waals surface area contributed by atoms with E-state index in [2.05, 4.69) is 10.3 Å². The zero-order chi connectivity index (χ0) is 16.3. The third kappa shape index (κ3) is 4.07. The van der Waals surface area contributed by atoms with Crippen molar-refractivity contribution in [2.75, 3.05) is 5.32 Å². The number of hydrogen-bond donors (Lipinski definition) is 2. The number of halogens is 2. The van der Waals surface area contributed by atoms with Crippen molar-refractivity contribution in [3.05, 3.63) is 56.1 Å². The van der Waals surface area contributed by atoms with Crippen molar-refractivity contribution < 1.29 is 9.52 Å². The van der Waals surface area contributed by atoms with Gasteiger partial charge in [-0.3, -0.25) is 0 Å². The molecular formula is C14H10Cl2N2O3S. The van der Waals surface area contributed by atoms with Crippen LogP contribution >= 0.6 is 35.4 Å². The standard InChI is InChI=1S/C14H10Cl2N2O3S/c1-7-4-12(19)9(13(20)21-7)6-17-14(22)18-11-5-8(15)2-3-10(11)16/h2-6,19H,1H3,(H,18,22)/b17-6+. The number of aromatic hydroxyl groups is 1. The average molecular weight is 357 g/mol. The van der Waals surface area contributed by atoms with Crippen LogP contribution in [0.4, 0.5) is 5.69 Å². The molecule has 0 aliphatic rings. The Labute approximate surface area is 141 Å². The zero-order valence-electron chi connectivity index (χ0n) is 11.3. The van der Waals surface area contributed by atoms with Crippen molar-refractivity contribution in [2.45, 2.75) is 6.92 Å². The Morgan fingerprint density at radius 3 is 2.82 bits per heavy atom. The van der Waals surface area contributed by atoms with Crippen molar-refractivity contribution in [2.24, 2.45) is 4.99 Å². The Hall–Kier alpha value is -1.89. The second-order valence-electron chi connectivity index (χ2n) is 4.26. The highest BCUT2D eigenvalue weighted by Crippen LogP contribution is 2.25. The van der Waals surface area contributed by atoms with Crippen molar-refractivity contribution in [3.8, 4) is 5.75 Å². The molecule has 2 rings (SSSR count). The minimum absolute atomic E-state index is 0.0449. The molecule has 0 bridgehead atoms. The van der Waals surface area contributed by atoms with Crippen LogP contribution in [0.25, 0.3) is 0 Å². The van der Waals surface area contributed by atoms with Crippen LogP contribution in [-0.4, -0.2) is 16.4 Å². The average Bonchev–Trinajstić information content (AvgIpc) is 2.41. The topological polar surface area (TPSA) is 74.8 Å². The minimum Gasteiger partial charge on any atom is -0.507 e. The second-order valence-corrected chi connectivity index (χ2v) is 5.49. The molecule has 0 aliphatic carbocycles. The maximum Gasteiger partial charge on any atom is 0.348 e. The van der Waals surface area contributed by atoms with Gasteiger partial charge in [0.2, 0.25) is 0 Å². The molecule has 5 nitrogen and oxygen atoms in total. The van der Waals surface area contributed by atoms with Crippen LogP contribution in [0.15, 0.2) is 38.5 Å². The molecule has 114 valence electrons. The van der Waals surface area contributed by atoms with E-state index in [0.717, 1.165) is 6.21 Å². The number of rotatable bonds is 2. The molecule has 0 amide bonds. The van der Waals surface area contributed by atoms with Crippen LogP contribution in [0.3, 0.4) is 0 Å². The number of aliphatic imine (C=N–C) groups is 1. The lowest BCUT2D eigenvalue weighted by molar-refractivity contribution is 0.433. The number of hydrogen-bond acceptors (Lipinski definition) is 4. The summed E-state index contributed by atoms with van der Waals surface area (Å²) in [4.78, 5) is 15.5. The normalized spacial score (nSPS) is 10.9. The summed E-state index contributed by atoms with van der Waals surface area (Å²) in [5.74, 6) is 0.0622. The van der Waals surface area contributed by atoms with Crippen LogP contribution in [0.1, 0.15) is 11.3 Å². The quantitative estimate of drug-likeness (QED) is 0.632. The van der Waals surface area contributed by atoms with E-state index in [-0.39, 0.29) is 16.4 Å². The van der Waals surface area contributed by atoms with Gasteiger partial charge in [0.05, 0.1) is 10.7 Å². The van der Waals surface area contributed by atoms with Crippen LogP contribution in [0, 0.1) is 6.92 Å². The molecule has 8 heteroatoms. The van der Waals surface area contributed by atoms with E-state index in [1.807, 2.05) is 0 Å². The Kier molecular flexibility index (Phi) is 5.18. The van der Waals surface area contributed by atoms with Crippen molar-refractivity contribution in [3.63, 3.8) is 0 Å². The summed E-state index contributed by atoms with van der Waals surface area (Å²) in [6.07, 6.45) is 1.12. The maximum atomic E-state index is 11.6. The SMILES string of the molecule is Cc1cc(O)c(/C=N/C(=S)Nc2cc(Cl)ccc2Cl)c(=O)o1. The van der Waals surface area contributed by atoms with E-state index in [1.54, 1.807) is 25.1 Å². The highest BCUT2D eigenvalue weighted by molar-refractivity contribution is 7.80. The molecule has 1 heterocycles. The first kappa shape index (κ1) is 16.5. The lowest BCUT2D eigenvalue weighted by atomic mass is 10.2. The Morgan fingerprint density at radius 2 is 2.14 bits per heavy atom. The maximum absolute atomic E-state index is 11.6. The monoisotopic (exact) mass is 356 g/mol. The summed E-state index contributed by atoms with van der Waals surface area (Å²) in [6, 6.07) is 6.15. The molecule has 22 heavy (non-hydrogen) atoms. The van der Waals surface area contributed by atoms with Gasteiger partial charge in [-0.05, 0) is 37.3 Å². The highest BCUT2D eigenvalue weighted by Gasteiger charge is 2.08. The van der Waals surface area contributed by atoms with E-state index in [4.69, 9.17) is 39.8 Å². The van der Waals surface area contributed by atoms with E-state index < -0.39 is 5.63 Å². The molecule has 0 aliphatic heterocycles. The summed E-state index contributed by atoms with van der Waals surface area (Å²) in [5.41, 5.74) is -0.312. The Morgan fingerprint density at radius 1 is 1.41 bits per heavy atom. The van der Waals surface area contributed by atoms with Crippen molar-refractivity contribution in [1.29, 1.82) is 0 Å². The summed E-state index contributed by atoms with van der Waals surface area (Å²) in [5, 5.41) is 13.4. The highest BCUT2D eigenvalue weighted by atomic mass is 35.5. The summed E-state index contributed by atoms with van der Waals surface area (Å²) >= 11 is 16.9. The van der Waals surface area contributed by atoms with Gasteiger partial charge in [0.15, 0.2) is 5.11 Å². The van der Waals surface area contributed by atoms with Gasteiger partial charge in [0.25, 0.3) is 0 Å². The fraction of sp³-hybridized carbons (Fsp3) is 0.0714. The largest absolute Gasteiger partial charge is 0.507 e. The van der Waals surface area contributed by atoms with Gasteiger partial charge >= 0.3 is 5.63 Å². The van der Waals surface area contributed by atoms with Gasteiger partial charge in [-0.15, -0.1) is 0 Å². The van der Waals surface area contributed by atoms with Crippen LogP contribution in [0.5, 0.6) is 5.75 Å². The molecule has 0 unspecified atom stereocenters. The van der Waals surface area contributed by atoms with Gasteiger partial charge in [-0.2, -0.15) is 0 Å². The van der Waals surface area contributed by atoms with Gasteiger partial charge in [-0.25, -0.2) is 9.79 Å². The third-order valence-electron chi connectivity index (χ3n) is 2.57. The predicted molar refractivity (Wildman–Crippen MR) is 91.7 cm³/mol. The van der Waals surface area contributed by atoms with Gasteiger partial charge in [0.1, 0.15) is 17.1 Å². The Balaban J connectivity index is 2.19. The molecular weight excluding hydrogens is 347 g/mol. The van der Waals surface area contributed by atoms with Crippen LogP contribution in [0.2, 0.25) is 10.0 Å². The first-order valence-corrected chi connectivity index (χ1v) is 7.17. The number of nitrogens with zero attached hydrogens (tertiary/aromatic N) is 1.